The molecule has 1 fully saturated rings. The first-order valence-corrected chi connectivity index (χ1v) is 10.3. The molecule has 1 aliphatic heterocycles. The van der Waals surface area contributed by atoms with Crippen molar-refractivity contribution in [3.8, 4) is 11.6 Å². The molecule has 3 N–H and O–H groups in total. The molecule has 5 rings (SSSR count). The molecule has 0 radical (unpaired) electrons. The fourth-order valence-corrected chi connectivity index (χ4v) is 4.16. The summed E-state index contributed by atoms with van der Waals surface area (Å²) < 4.78 is 46.6. The highest BCUT2D eigenvalue weighted by Gasteiger charge is 2.40. The third kappa shape index (κ3) is 3.84. The van der Waals surface area contributed by atoms with E-state index < -0.39 is 17.9 Å². The molecule has 0 saturated carbocycles. The van der Waals surface area contributed by atoms with Crippen LogP contribution in [0.1, 0.15) is 24.2 Å². The van der Waals surface area contributed by atoms with Crippen molar-refractivity contribution in [2.45, 2.75) is 19.1 Å². The monoisotopic (exact) mass is 482 g/mol. The van der Waals surface area contributed by atoms with Crippen LogP contribution in [0.25, 0.3) is 17.4 Å². The van der Waals surface area contributed by atoms with Crippen LogP contribution in [-0.2, 0) is 6.18 Å². The number of nitrogens with zero attached hydrogens (tertiary/aromatic N) is 8. The molecule has 33 heavy (non-hydrogen) atoms. The number of hydrogen-bond acceptors (Lipinski definition) is 9. The van der Waals surface area contributed by atoms with Crippen molar-refractivity contribution in [2.75, 3.05) is 36.8 Å². The molecular weight excluding hydrogens is 465 g/mol. The van der Waals surface area contributed by atoms with Gasteiger partial charge >= 0.3 is 6.18 Å². The number of nitrogens with one attached hydrogen (secondary N) is 1. The second kappa shape index (κ2) is 7.88. The van der Waals surface area contributed by atoms with E-state index >= 15 is 0 Å². The molecule has 0 bridgehead atoms. The molecule has 1 unspecified atom stereocenters. The Morgan fingerprint density at radius 1 is 1.18 bits per heavy atom. The van der Waals surface area contributed by atoms with Gasteiger partial charge in [0.1, 0.15) is 5.69 Å². The minimum absolute atomic E-state index is 0.0616. The molecule has 4 aromatic heterocycles. The molecule has 0 amide bonds. The summed E-state index contributed by atoms with van der Waals surface area (Å²) in [7, 11) is 0. The molecule has 0 aliphatic carbocycles. The van der Waals surface area contributed by atoms with Gasteiger partial charge in [-0.1, -0.05) is 11.6 Å². The number of anilines is 2. The van der Waals surface area contributed by atoms with E-state index in [0.717, 1.165) is 0 Å². The van der Waals surface area contributed by atoms with E-state index in [0.29, 0.717) is 43.7 Å². The largest absolute Gasteiger partial charge is 0.461 e. The summed E-state index contributed by atoms with van der Waals surface area (Å²) in [5.74, 6) is 1.54. The smallest absolute Gasteiger partial charge is 0.433 e. The van der Waals surface area contributed by atoms with E-state index in [2.05, 4.69) is 25.1 Å². The zero-order valence-electron chi connectivity index (χ0n) is 17.2. The maximum absolute atomic E-state index is 13.3. The van der Waals surface area contributed by atoms with Crippen LogP contribution in [0.5, 0.6) is 0 Å². The maximum atomic E-state index is 13.3. The Balaban J connectivity index is 1.34. The topological polar surface area (TPSA) is 130 Å². The number of rotatable bonds is 4. The molecule has 1 atom stereocenters. The molecule has 174 valence electrons. The van der Waals surface area contributed by atoms with Crippen LogP contribution in [0.4, 0.5) is 25.1 Å². The number of aromatic amines is 1. The fourth-order valence-electron chi connectivity index (χ4n) is 3.86. The second-order valence-electron chi connectivity index (χ2n) is 7.51. The predicted molar refractivity (Wildman–Crippen MR) is 111 cm³/mol. The van der Waals surface area contributed by atoms with Gasteiger partial charge in [0, 0.05) is 37.8 Å². The Kier molecular flexibility index (Phi) is 5.12. The molecule has 4 aromatic rings. The number of hydrogen-bond donors (Lipinski definition) is 2. The quantitative estimate of drug-likeness (QED) is 0.450. The van der Waals surface area contributed by atoms with Gasteiger partial charge in [-0.05, 0) is 19.1 Å². The summed E-state index contributed by atoms with van der Waals surface area (Å²) >= 11 is 5.97. The van der Waals surface area contributed by atoms with Crippen molar-refractivity contribution in [2.24, 2.45) is 0 Å². The number of furan rings is 1. The summed E-state index contributed by atoms with van der Waals surface area (Å²) in [6, 6.07) is 2.85. The van der Waals surface area contributed by atoms with Gasteiger partial charge in [0.2, 0.25) is 17.7 Å². The van der Waals surface area contributed by atoms with Gasteiger partial charge < -0.3 is 15.1 Å². The van der Waals surface area contributed by atoms with E-state index in [4.69, 9.17) is 21.8 Å². The zero-order valence-corrected chi connectivity index (χ0v) is 18.0. The van der Waals surface area contributed by atoms with Crippen LogP contribution < -0.4 is 10.6 Å². The lowest BCUT2D eigenvalue weighted by Crippen LogP contribution is -2.48. The first-order chi connectivity index (χ1) is 15.7. The average Bonchev–Trinajstić information content (AvgIpc) is 3.52. The molecule has 11 nitrogen and oxygen atoms in total. The standard InChI is InChI=1S/C18H18ClF3N10O/c1-9(11-12(18(20,21)22)27-28-13(11)19)30-4-6-31(7-5-30)16-25-15(23)32-17(26-16)24-14(29-32)10-3-2-8-33-10/h2-3,8-9H,4-7H2,1H3,(H,27,28)(H2,23,24,25,26,29). The normalized spacial score (nSPS) is 16.6. The third-order valence-corrected chi connectivity index (χ3v) is 5.85. The highest BCUT2D eigenvalue weighted by Crippen LogP contribution is 2.38. The maximum Gasteiger partial charge on any atom is 0.433 e. The Morgan fingerprint density at radius 3 is 2.61 bits per heavy atom. The van der Waals surface area contributed by atoms with Crippen LogP contribution in [0.15, 0.2) is 22.8 Å². The minimum atomic E-state index is -4.57. The van der Waals surface area contributed by atoms with Crippen molar-refractivity contribution in [1.82, 2.24) is 39.7 Å². The molecule has 5 heterocycles. The molecule has 1 aliphatic rings. The Bertz CT molecular complexity index is 1280. The van der Waals surface area contributed by atoms with E-state index in [-0.39, 0.29) is 22.4 Å². The summed E-state index contributed by atoms with van der Waals surface area (Å²) in [6.45, 7) is 3.53. The van der Waals surface area contributed by atoms with Gasteiger partial charge in [-0.3, -0.25) is 10.00 Å². The number of alkyl halides is 3. The summed E-state index contributed by atoms with van der Waals surface area (Å²) in [5.41, 5.74) is 5.06. The number of nitrogens with two attached hydrogens (primary N) is 1. The number of halogens is 4. The first-order valence-electron chi connectivity index (χ1n) is 9.96. The van der Waals surface area contributed by atoms with E-state index in [1.54, 1.807) is 19.1 Å². The average molecular weight is 483 g/mol. The van der Waals surface area contributed by atoms with E-state index in [1.165, 1.54) is 10.8 Å². The molecule has 0 aromatic carbocycles. The van der Waals surface area contributed by atoms with Crippen molar-refractivity contribution in [1.29, 1.82) is 0 Å². The fraction of sp³-hybridized carbons (Fsp3) is 0.389. The first kappa shape index (κ1) is 21.5. The molecule has 15 heteroatoms. The van der Waals surface area contributed by atoms with Gasteiger partial charge in [0.15, 0.2) is 10.9 Å². The Hall–Kier alpha value is -3.39. The number of aromatic nitrogens is 7. The molecule has 1 saturated heterocycles. The van der Waals surface area contributed by atoms with Crippen LogP contribution >= 0.6 is 11.6 Å². The zero-order chi connectivity index (χ0) is 23.3. The van der Waals surface area contributed by atoms with Crippen molar-refractivity contribution < 1.29 is 17.6 Å². The van der Waals surface area contributed by atoms with Crippen LogP contribution in [-0.4, -0.2) is 65.8 Å². The number of piperazine rings is 1. The number of fused-ring (bicyclic) bond motifs is 1. The van der Waals surface area contributed by atoms with Crippen molar-refractivity contribution in [3.63, 3.8) is 0 Å². The third-order valence-electron chi connectivity index (χ3n) is 5.57. The van der Waals surface area contributed by atoms with Gasteiger partial charge in [0.05, 0.1) is 6.26 Å². The van der Waals surface area contributed by atoms with Gasteiger partial charge in [-0.2, -0.15) is 37.7 Å². The summed E-state index contributed by atoms with van der Waals surface area (Å²) in [4.78, 5) is 16.9. The van der Waals surface area contributed by atoms with Gasteiger partial charge in [-0.15, -0.1) is 5.10 Å². The number of nitrogen functional groups attached to an aromatic ring is 1. The summed E-state index contributed by atoms with van der Waals surface area (Å²) in [5, 5.41) is 9.63. The Labute approximate surface area is 189 Å². The minimum Gasteiger partial charge on any atom is -0.461 e. The highest BCUT2D eigenvalue weighted by molar-refractivity contribution is 6.30. The lowest BCUT2D eigenvalue weighted by Gasteiger charge is -2.38. The molecule has 0 spiro atoms. The number of H-pyrrole nitrogens is 1. The Morgan fingerprint density at radius 2 is 1.94 bits per heavy atom. The lowest BCUT2D eigenvalue weighted by atomic mass is 10.1. The SMILES string of the molecule is CC(c1c(Cl)n[nH]c1C(F)(F)F)N1CCN(c2nc(N)n3nc(-c4ccco4)nc3n2)CC1. The second-order valence-corrected chi connectivity index (χ2v) is 7.86. The van der Waals surface area contributed by atoms with Gasteiger partial charge in [-0.25, -0.2) is 0 Å². The lowest BCUT2D eigenvalue weighted by molar-refractivity contribution is -0.142. The van der Waals surface area contributed by atoms with Gasteiger partial charge in [0.25, 0.3) is 5.78 Å². The van der Waals surface area contributed by atoms with Crippen molar-refractivity contribution in [3.05, 3.63) is 34.8 Å². The van der Waals surface area contributed by atoms with E-state index in [9.17, 15) is 13.2 Å². The van der Waals surface area contributed by atoms with Crippen LogP contribution in [0.3, 0.4) is 0 Å². The highest BCUT2D eigenvalue weighted by atomic mass is 35.5. The van der Waals surface area contributed by atoms with E-state index in [1.807, 2.05) is 14.9 Å². The summed E-state index contributed by atoms with van der Waals surface area (Å²) in [6.07, 6.45) is -3.06. The predicted octanol–water partition coefficient (Wildman–Crippen LogP) is 2.64. The molecular formula is C18H18ClF3N10O. The van der Waals surface area contributed by atoms with Crippen LogP contribution in [0.2, 0.25) is 5.15 Å². The van der Waals surface area contributed by atoms with Crippen LogP contribution in [0, 0.1) is 0 Å². The van der Waals surface area contributed by atoms with Crippen molar-refractivity contribution >= 4 is 29.3 Å².